The molecule has 1 fully saturated rings. The average Bonchev–Trinajstić information content (AvgIpc) is 3.45. The van der Waals surface area contributed by atoms with Crippen LogP contribution in [0.3, 0.4) is 0 Å². The van der Waals surface area contributed by atoms with Crippen LogP contribution in [0.15, 0.2) is 54.7 Å². The maximum absolute atomic E-state index is 12.0. The van der Waals surface area contributed by atoms with Gasteiger partial charge in [0, 0.05) is 11.8 Å². The summed E-state index contributed by atoms with van der Waals surface area (Å²) in [4.78, 5) is 17.7. The van der Waals surface area contributed by atoms with Crippen molar-refractivity contribution < 1.29 is 14.3 Å². The zero-order valence-electron chi connectivity index (χ0n) is 17.3. The van der Waals surface area contributed by atoms with E-state index in [1.807, 2.05) is 56.4 Å². The van der Waals surface area contributed by atoms with Crippen LogP contribution in [0.5, 0.6) is 5.75 Å². The number of ether oxygens (including phenoxy) is 2. The van der Waals surface area contributed by atoms with E-state index in [9.17, 15) is 4.79 Å². The van der Waals surface area contributed by atoms with E-state index in [0.29, 0.717) is 6.61 Å². The van der Waals surface area contributed by atoms with Crippen molar-refractivity contribution in [2.75, 3.05) is 6.54 Å². The molecule has 1 unspecified atom stereocenters. The van der Waals surface area contributed by atoms with E-state index in [4.69, 9.17) is 9.47 Å². The molecule has 0 radical (unpaired) electrons. The molecule has 0 amide bonds. The van der Waals surface area contributed by atoms with Crippen molar-refractivity contribution in [3.8, 4) is 26.8 Å². The first-order chi connectivity index (χ1) is 14.6. The molecule has 4 rings (SSSR count). The first kappa shape index (κ1) is 20.6. The zero-order chi connectivity index (χ0) is 20.9. The lowest BCUT2D eigenvalue weighted by Gasteiger charge is -2.10. The molecule has 2 heterocycles. The molecule has 6 heteroatoms. The molecule has 1 aliphatic rings. The van der Waals surface area contributed by atoms with Crippen molar-refractivity contribution in [1.82, 2.24) is 10.3 Å². The standard InChI is InChI=1S/C24H26N2O3S/c1-16(2)29-20-11-9-18(10-12-20)22-14-26-23(30-22)19-7-5-17(6-8-19)15-28-24(27)21-4-3-13-25-21/h5-12,14,16,21,25H,3-4,13,15H2,1-2H3. The second-order valence-electron chi connectivity index (χ2n) is 7.67. The summed E-state index contributed by atoms with van der Waals surface area (Å²) in [7, 11) is 0. The fourth-order valence-corrected chi connectivity index (χ4v) is 4.32. The first-order valence-electron chi connectivity index (χ1n) is 10.3. The van der Waals surface area contributed by atoms with E-state index in [-0.39, 0.29) is 18.1 Å². The zero-order valence-corrected chi connectivity index (χ0v) is 18.1. The van der Waals surface area contributed by atoms with Gasteiger partial charge < -0.3 is 14.8 Å². The van der Waals surface area contributed by atoms with Gasteiger partial charge >= 0.3 is 5.97 Å². The van der Waals surface area contributed by atoms with Crippen LogP contribution in [0.25, 0.3) is 21.0 Å². The molecule has 0 bridgehead atoms. The third-order valence-corrected chi connectivity index (χ3v) is 6.04. The third-order valence-electron chi connectivity index (χ3n) is 4.94. The molecule has 1 aliphatic heterocycles. The van der Waals surface area contributed by atoms with Crippen LogP contribution in [0.2, 0.25) is 0 Å². The van der Waals surface area contributed by atoms with Crippen LogP contribution in [-0.4, -0.2) is 29.6 Å². The summed E-state index contributed by atoms with van der Waals surface area (Å²) < 4.78 is 11.1. The smallest absolute Gasteiger partial charge is 0.323 e. The quantitative estimate of drug-likeness (QED) is 0.539. The number of thiazole rings is 1. The van der Waals surface area contributed by atoms with Crippen molar-refractivity contribution in [3.05, 3.63) is 60.3 Å². The van der Waals surface area contributed by atoms with Gasteiger partial charge in [-0.25, -0.2) is 4.98 Å². The van der Waals surface area contributed by atoms with Crippen LogP contribution in [0.1, 0.15) is 32.3 Å². The molecule has 1 N–H and O–H groups in total. The minimum atomic E-state index is -0.161. The van der Waals surface area contributed by atoms with Gasteiger partial charge in [0.2, 0.25) is 0 Å². The van der Waals surface area contributed by atoms with Crippen molar-refractivity contribution in [2.45, 2.75) is 45.4 Å². The highest BCUT2D eigenvalue weighted by Gasteiger charge is 2.23. The molecule has 1 aromatic heterocycles. The summed E-state index contributed by atoms with van der Waals surface area (Å²) in [6.07, 6.45) is 3.96. The Morgan fingerprint density at radius 3 is 2.53 bits per heavy atom. The number of benzene rings is 2. The van der Waals surface area contributed by atoms with E-state index in [1.54, 1.807) is 11.3 Å². The molecule has 3 aromatic rings. The largest absolute Gasteiger partial charge is 0.491 e. The molecule has 1 saturated heterocycles. The highest BCUT2D eigenvalue weighted by atomic mass is 32.1. The first-order valence-corrected chi connectivity index (χ1v) is 11.1. The number of carbonyl (C=O) groups is 1. The van der Waals surface area contributed by atoms with Gasteiger partial charge in [-0.05, 0) is 68.6 Å². The van der Waals surface area contributed by atoms with Gasteiger partial charge in [0.25, 0.3) is 0 Å². The van der Waals surface area contributed by atoms with Crippen molar-refractivity contribution in [3.63, 3.8) is 0 Å². The summed E-state index contributed by atoms with van der Waals surface area (Å²) in [5, 5.41) is 4.13. The number of esters is 1. The lowest BCUT2D eigenvalue weighted by Crippen LogP contribution is -2.32. The number of aromatic nitrogens is 1. The molecule has 0 saturated carbocycles. The van der Waals surface area contributed by atoms with Crippen molar-refractivity contribution in [1.29, 1.82) is 0 Å². The molecule has 5 nitrogen and oxygen atoms in total. The predicted octanol–water partition coefficient (Wildman–Crippen LogP) is 5.06. The Balaban J connectivity index is 1.37. The third kappa shape index (κ3) is 5.07. The summed E-state index contributed by atoms with van der Waals surface area (Å²) in [5.74, 6) is 0.712. The van der Waals surface area contributed by atoms with Crippen LogP contribution < -0.4 is 10.1 Å². The predicted molar refractivity (Wildman–Crippen MR) is 120 cm³/mol. The monoisotopic (exact) mass is 422 g/mol. The van der Waals surface area contributed by atoms with Crippen LogP contribution >= 0.6 is 11.3 Å². The molecular weight excluding hydrogens is 396 g/mol. The van der Waals surface area contributed by atoms with E-state index < -0.39 is 0 Å². The minimum absolute atomic E-state index is 0.149. The Labute approximate surface area is 181 Å². The molecule has 1 atom stereocenters. The number of rotatable bonds is 7. The number of hydrogen-bond acceptors (Lipinski definition) is 6. The topological polar surface area (TPSA) is 60.5 Å². The average molecular weight is 423 g/mol. The second-order valence-corrected chi connectivity index (χ2v) is 8.70. The summed E-state index contributed by atoms with van der Waals surface area (Å²) in [5.41, 5.74) is 3.15. The van der Waals surface area contributed by atoms with Gasteiger partial charge in [0.05, 0.1) is 11.0 Å². The van der Waals surface area contributed by atoms with Gasteiger partial charge in [-0.1, -0.05) is 24.3 Å². The minimum Gasteiger partial charge on any atom is -0.491 e. The Hall–Kier alpha value is -2.70. The summed E-state index contributed by atoms with van der Waals surface area (Å²) >= 11 is 1.65. The molecule has 30 heavy (non-hydrogen) atoms. The van der Waals surface area contributed by atoms with Crippen LogP contribution in [0, 0.1) is 0 Å². The lowest BCUT2D eigenvalue weighted by molar-refractivity contribution is -0.147. The Bertz CT molecular complexity index is 974. The lowest BCUT2D eigenvalue weighted by atomic mass is 10.1. The molecule has 0 aliphatic carbocycles. The molecule has 156 valence electrons. The Morgan fingerprint density at radius 1 is 1.13 bits per heavy atom. The van der Waals surface area contributed by atoms with Gasteiger partial charge in [-0.2, -0.15) is 0 Å². The Kier molecular flexibility index (Phi) is 6.45. The number of nitrogens with one attached hydrogen (secondary N) is 1. The molecule has 2 aromatic carbocycles. The fraction of sp³-hybridized carbons (Fsp3) is 0.333. The molecular formula is C24H26N2O3S. The fourth-order valence-electron chi connectivity index (χ4n) is 3.40. The normalized spacial score (nSPS) is 16.0. The van der Waals surface area contributed by atoms with E-state index in [1.165, 1.54) is 0 Å². The van der Waals surface area contributed by atoms with Crippen LogP contribution in [0.4, 0.5) is 0 Å². The van der Waals surface area contributed by atoms with Gasteiger partial charge in [-0.3, -0.25) is 4.79 Å². The summed E-state index contributed by atoms with van der Waals surface area (Å²) in [6, 6.07) is 16.0. The van der Waals surface area contributed by atoms with Gasteiger partial charge in [0.15, 0.2) is 0 Å². The maximum atomic E-state index is 12.0. The van der Waals surface area contributed by atoms with E-state index in [2.05, 4.69) is 22.4 Å². The SMILES string of the molecule is CC(C)Oc1ccc(-c2cnc(-c3ccc(COC(=O)C4CCCN4)cc3)s2)cc1. The van der Waals surface area contributed by atoms with Crippen molar-refractivity contribution >= 4 is 17.3 Å². The van der Waals surface area contributed by atoms with E-state index in [0.717, 1.165) is 51.7 Å². The Morgan fingerprint density at radius 2 is 1.87 bits per heavy atom. The maximum Gasteiger partial charge on any atom is 0.323 e. The van der Waals surface area contributed by atoms with Gasteiger partial charge in [0.1, 0.15) is 23.4 Å². The van der Waals surface area contributed by atoms with E-state index >= 15 is 0 Å². The number of carbonyl (C=O) groups excluding carboxylic acids is 1. The van der Waals surface area contributed by atoms with Crippen LogP contribution in [-0.2, 0) is 16.1 Å². The number of nitrogens with zero attached hydrogens (tertiary/aromatic N) is 1. The second kappa shape index (κ2) is 9.41. The highest BCUT2D eigenvalue weighted by molar-refractivity contribution is 7.18. The van der Waals surface area contributed by atoms with Gasteiger partial charge in [-0.15, -0.1) is 11.3 Å². The highest BCUT2D eigenvalue weighted by Crippen LogP contribution is 2.33. The summed E-state index contributed by atoms with van der Waals surface area (Å²) in [6.45, 7) is 5.22. The molecule has 0 spiro atoms. The number of hydrogen-bond donors (Lipinski definition) is 1. The van der Waals surface area contributed by atoms with Crippen molar-refractivity contribution in [2.24, 2.45) is 0 Å².